The molecule has 4 heteroatoms. The van der Waals surface area contributed by atoms with Crippen molar-refractivity contribution in [1.29, 1.82) is 0 Å². The number of anilines is 1. The Morgan fingerprint density at radius 1 is 1.24 bits per heavy atom. The smallest absolute Gasteiger partial charge is 0.229 e. The van der Waals surface area contributed by atoms with Crippen molar-refractivity contribution in [3.8, 4) is 0 Å². The summed E-state index contributed by atoms with van der Waals surface area (Å²) < 4.78 is 0. The van der Waals surface area contributed by atoms with Gasteiger partial charge in [-0.15, -0.1) is 0 Å². The highest BCUT2D eigenvalue weighted by atomic mass is 16.2. The highest BCUT2D eigenvalue weighted by Crippen LogP contribution is 2.20. The van der Waals surface area contributed by atoms with Crippen molar-refractivity contribution in [1.82, 2.24) is 4.90 Å². The highest BCUT2D eigenvalue weighted by molar-refractivity contribution is 5.93. The third-order valence-corrected chi connectivity index (χ3v) is 4.08. The molecule has 2 rings (SSSR count). The van der Waals surface area contributed by atoms with Crippen molar-refractivity contribution >= 4 is 17.5 Å². The van der Waals surface area contributed by atoms with Gasteiger partial charge in [0.15, 0.2) is 0 Å². The Bertz CT molecular complexity index is 508. The minimum Gasteiger partial charge on any atom is -0.342 e. The molecule has 2 amide bonds. The molecule has 1 atom stereocenters. The maximum absolute atomic E-state index is 12.3. The molecule has 1 aliphatic heterocycles. The van der Waals surface area contributed by atoms with Crippen molar-refractivity contribution in [3.63, 3.8) is 0 Å². The molecule has 0 aromatic heterocycles. The van der Waals surface area contributed by atoms with Crippen LogP contribution in [0.25, 0.3) is 0 Å². The van der Waals surface area contributed by atoms with Crippen molar-refractivity contribution in [3.05, 3.63) is 29.8 Å². The fourth-order valence-electron chi connectivity index (χ4n) is 2.67. The van der Waals surface area contributed by atoms with E-state index in [2.05, 4.69) is 19.2 Å². The highest BCUT2D eigenvalue weighted by Gasteiger charge is 2.26. The summed E-state index contributed by atoms with van der Waals surface area (Å²) in [6.45, 7) is 7.15. The van der Waals surface area contributed by atoms with Crippen LogP contribution in [0.15, 0.2) is 24.3 Å². The average Bonchev–Trinajstić information content (AvgIpc) is 2.48. The van der Waals surface area contributed by atoms with Gasteiger partial charge >= 0.3 is 0 Å². The van der Waals surface area contributed by atoms with Gasteiger partial charge in [-0.05, 0) is 36.5 Å². The predicted octanol–water partition coefficient (Wildman–Crippen LogP) is 3.01. The van der Waals surface area contributed by atoms with E-state index in [1.807, 2.05) is 24.3 Å². The van der Waals surface area contributed by atoms with Crippen LogP contribution < -0.4 is 5.32 Å². The topological polar surface area (TPSA) is 49.4 Å². The number of likely N-dealkylation sites (tertiary alicyclic amines) is 1. The number of piperidine rings is 1. The number of carbonyl (C=O) groups is 2. The molecule has 0 bridgehead atoms. The van der Waals surface area contributed by atoms with Gasteiger partial charge in [0.05, 0.1) is 5.92 Å². The van der Waals surface area contributed by atoms with E-state index in [1.54, 1.807) is 11.8 Å². The van der Waals surface area contributed by atoms with Gasteiger partial charge < -0.3 is 10.2 Å². The predicted molar refractivity (Wildman–Crippen MR) is 84.1 cm³/mol. The molecule has 1 unspecified atom stereocenters. The number of hydrogen-bond donors (Lipinski definition) is 1. The molecule has 1 saturated heterocycles. The summed E-state index contributed by atoms with van der Waals surface area (Å²) >= 11 is 0. The van der Waals surface area contributed by atoms with Crippen LogP contribution in [-0.2, 0) is 9.59 Å². The minimum atomic E-state index is -0.104. The summed E-state index contributed by atoms with van der Waals surface area (Å²) in [7, 11) is 0. The van der Waals surface area contributed by atoms with Crippen LogP contribution in [0.4, 0.5) is 5.69 Å². The molecule has 4 nitrogen and oxygen atoms in total. The SMILES string of the molecule is CC(=O)N1CCCC(C(=O)Nc2ccc(C(C)C)cc2)C1. The zero-order chi connectivity index (χ0) is 15.4. The third-order valence-electron chi connectivity index (χ3n) is 4.08. The van der Waals surface area contributed by atoms with Gasteiger partial charge in [0.2, 0.25) is 11.8 Å². The Balaban J connectivity index is 1.96. The average molecular weight is 288 g/mol. The summed E-state index contributed by atoms with van der Waals surface area (Å²) in [5.74, 6) is 0.441. The molecule has 0 saturated carbocycles. The molecular weight excluding hydrogens is 264 g/mol. The van der Waals surface area contributed by atoms with Crippen LogP contribution in [0, 0.1) is 5.92 Å². The molecule has 1 heterocycles. The Labute approximate surface area is 126 Å². The zero-order valence-electron chi connectivity index (χ0n) is 13.1. The lowest BCUT2D eigenvalue weighted by molar-refractivity contribution is -0.132. The van der Waals surface area contributed by atoms with E-state index < -0.39 is 0 Å². The van der Waals surface area contributed by atoms with E-state index >= 15 is 0 Å². The van der Waals surface area contributed by atoms with E-state index in [0.29, 0.717) is 12.5 Å². The van der Waals surface area contributed by atoms with Crippen LogP contribution in [0.2, 0.25) is 0 Å². The first kappa shape index (κ1) is 15.5. The van der Waals surface area contributed by atoms with E-state index in [-0.39, 0.29) is 17.7 Å². The summed E-state index contributed by atoms with van der Waals surface area (Å²) in [4.78, 5) is 25.5. The Kier molecular flexibility index (Phi) is 4.99. The second kappa shape index (κ2) is 6.74. The number of nitrogens with zero attached hydrogens (tertiary/aromatic N) is 1. The quantitative estimate of drug-likeness (QED) is 0.929. The van der Waals surface area contributed by atoms with Gasteiger partial charge in [-0.3, -0.25) is 9.59 Å². The number of hydrogen-bond acceptors (Lipinski definition) is 2. The Morgan fingerprint density at radius 3 is 2.48 bits per heavy atom. The largest absolute Gasteiger partial charge is 0.342 e. The maximum Gasteiger partial charge on any atom is 0.229 e. The van der Waals surface area contributed by atoms with E-state index in [0.717, 1.165) is 25.1 Å². The van der Waals surface area contributed by atoms with Crippen LogP contribution in [0.1, 0.15) is 45.1 Å². The number of rotatable bonds is 3. The van der Waals surface area contributed by atoms with Crippen LogP contribution in [0.5, 0.6) is 0 Å². The zero-order valence-corrected chi connectivity index (χ0v) is 13.1. The number of benzene rings is 1. The normalized spacial score (nSPS) is 18.7. The summed E-state index contributed by atoms with van der Waals surface area (Å²) in [5.41, 5.74) is 2.08. The van der Waals surface area contributed by atoms with Crippen molar-refractivity contribution in [2.24, 2.45) is 5.92 Å². The Morgan fingerprint density at radius 2 is 1.90 bits per heavy atom. The Hall–Kier alpha value is -1.84. The van der Waals surface area contributed by atoms with E-state index in [1.165, 1.54) is 5.56 Å². The van der Waals surface area contributed by atoms with E-state index in [4.69, 9.17) is 0 Å². The summed E-state index contributed by atoms with van der Waals surface area (Å²) in [6.07, 6.45) is 1.74. The standard InChI is InChI=1S/C17H24N2O2/c1-12(2)14-6-8-16(9-7-14)18-17(21)15-5-4-10-19(11-15)13(3)20/h6-9,12,15H,4-5,10-11H2,1-3H3,(H,18,21). The lowest BCUT2D eigenvalue weighted by Crippen LogP contribution is -2.42. The molecule has 0 aliphatic carbocycles. The third kappa shape index (κ3) is 4.06. The molecule has 1 fully saturated rings. The van der Waals surface area contributed by atoms with Gasteiger partial charge in [0.1, 0.15) is 0 Å². The monoisotopic (exact) mass is 288 g/mol. The summed E-state index contributed by atoms with van der Waals surface area (Å²) in [5, 5.41) is 2.96. The van der Waals surface area contributed by atoms with Crippen LogP contribution in [-0.4, -0.2) is 29.8 Å². The number of nitrogens with one attached hydrogen (secondary N) is 1. The minimum absolute atomic E-state index is 0.0123. The van der Waals surface area contributed by atoms with Crippen LogP contribution >= 0.6 is 0 Å². The lowest BCUT2D eigenvalue weighted by Gasteiger charge is -2.31. The van der Waals surface area contributed by atoms with Gasteiger partial charge in [-0.2, -0.15) is 0 Å². The molecular formula is C17H24N2O2. The molecule has 114 valence electrons. The van der Waals surface area contributed by atoms with Crippen molar-refractivity contribution in [2.45, 2.75) is 39.5 Å². The molecule has 1 N–H and O–H groups in total. The molecule has 0 spiro atoms. The van der Waals surface area contributed by atoms with Crippen molar-refractivity contribution in [2.75, 3.05) is 18.4 Å². The maximum atomic E-state index is 12.3. The number of carbonyl (C=O) groups excluding carboxylic acids is 2. The first-order chi connectivity index (χ1) is 9.97. The van der Waals surface area contributed by atoms with Crippen molar-refractivity contribution < 1.29 is 9.59 Å². The van der Waals surface area contributed by atoms with Gasteiger partial charge in [-0.1, -0.05) is 26.0 Å². The fourth-order valence-corrected chi connectivity index (χ4v) is 2.67. The summed E-state index contributed by atoms with van der Waals surface area (Å²) in [6, 6.07) is 7.98. The van der Waals surface area contributed by atoms with Gasteiger partial charge in [0, 0.05) is 25.7 Å². The first-order valence-corrected chi connectivity index (χ1v) is 7.63. The number of amides is 2. The first-order valence-electron chi connectivity index (χ1n) is 7.63. The molecule has 0 radical (unpaired) electrons. The van der Waals surface area contributed by atoms with Gasteiger partial charge in [0.25, 0.3) is 0 Å². The lowest BCUT2D eigenvalue weighted by atomic mass is 9.97. The van der Waals surface area contributed by atoms with Gasteiger partial charge in [-0.25, -0.2) is 0 Å². The molecule has 1 aromatic carbocycles. The second-order valence-corrected chi connectivity index (χ2v) is 6.07. The fraction of sp³-hybridized carbons (Fsp3) is 0.529. The van der Waals surface area contributed by atoms with Crippen LogP contribution in [0.3, 0.4) is 0 Å². The second-order valence-electron chi connectivity index (χ2n) is 6.07. The van der Waals surface area contributed by atoms with E-state index in [9.17, 15) is 9.59 Å². The molecule has 21 heavy (non-hydrogen) atoms. The molecule has 1 aliphatic rings. The molecule has 1 aromatic rings.